The van der Waals surface area contributed by atoms with Crippen LogP contribution in [0.1, 0.15) is 11.1 Å². The highest BCUT2D eigenvalue weighted by Crippen LogP contribution is 2.20. The summed E-state index contributed by atoms with van der Waals surface area (Å²) < 4.78 is 20.0. The van der Waals surface area contributed by atoms with Crippen molar-refractivity contribution in [2.75, 3.05) is 26.3 Å². The molecule has 0 aliphatic carbocycles. The van der Waals surface area contributed by atoms with Crippen LogP contribution < -0.4 is 37.2 Å². The first-order valence-corrected chi connectivity index (χ1v) is 17.0. The van der Waals surface area contributed by atoms with Gasteiger partial charge in [0.2, 0.25) is 0 Å². The van der Waals surface area contributed by atoms with Gasteiger partial charge in [-0.3, -0.25) is 0 Å². The quantitative estimate of drug-likeness (QED) is 0.0983. The number of nitrogens with one attached hydrogen (secondary N) is 2. The number of hydrogen-bond donors (Lipinski definition) is 2. The monoisotopic (exact) mass is 644 g/mol. The average Bonchev–Trinajstić information content (AvgIpc) is 3.17. The van der Waals surface area contributed by atoms with E-state index in [9.17, 15) is 0 Å². The van der Waals surface area contributed by atoms with E-state index in [4.69, 9.17) is 14.0 Å². The van der Waals surface area contributed by atoms with Crippen LogP contribution >= 0.6 is 0 Å². The van der Waals surface area contributed by atoms with Crippen LogP contribution in [-0.4, -0.2) is 40.1 Å². The highest BCUT2D eigenvalue weighted by molar-refractivity contribution is 6.81. The molecule has 0 saturated carbocycles. The van der Waals surface area contributed by atoms with Crippen molar-refractivity contribution in [3.63, 3.8) is 0 Å². The summed E-state index contributed by atoms with van der Waals surface area (Å²) in [5.41, 5.74) is 6.58. The van der Waals surface area contributed by atoms with Crippen molar-refractivity contribution in [3.8, 4) is 11.5 Å². The Labute approximate surface area is 291 Å². The minimum Gasteiger partial charge on any atom is -0.458 e. The second-order valence-corrected chi connectivity index (χ2v) is 11.8. The number of rotatable bonds is 18. The van der Waals surface area contributed by atoms with E-state index >= 15 is 0 Å². The molecule has 6 rings (SSSR count). The van der Waals surface area contributed by atoms with Gasteiger partial charge in [-0.05, 0) is 45.1 Å². The summed E-state index contributed by atoms with van der Waals surface area (Å²) in [5, 5.41) is 7.02. The zero-order valence-electron chi connectivity index (χ0n) is 27.8. The summed E-state index contributed by atoms with van der Waals surface area (Å²) in [6.45, 7) is 3.51. The van der Waals surface area contributed by atoms with Crippen molar-refractivity contribution in [2.24, 2.45) is 0 Å². The molecule has 0 unspecified atom stereocenters. The molecular weight excluding hydrogens is 602 g/mol. The third-order valence-corrected chi connectivity index (χ3v) is 8.30. The molecule has 6 aromatic carbocycles. The smallest absolute Gasteiger partial charge is 0.365 e. The van der Waals surface area contributed by atoms with E-state index in [2.05, 4.69) is 120 Å². The summed E-state index contributed by atoms with van der Waals surface area (Å²) >= 11 is 0. The Morgan fingerprint density at radius 1 is 0.388 bits per heavy atom. The highest BCUT2D eigenvalue weighted by atomic mass is 16.5. The topological polar surface area (TPSA) is 51.8 Å². The molecule has 7 heteroatoms. The largest absolute Gasteiger partial charge is 0.458 e. The molecule has 0 aromatic heterocycles. The molecule has 0 atom stereocenters. The van der Waals surface area contributed by atoms with E-state index in [-0.39, 0.29) is 13.8 Å². The summed E-state index contributed by atoms with van der Waals surface area (Å²) in [4.78, 5) is 0. The van der Waals surface area contributed by atoms with Crippen molar-refractivity contribution in [1.82, 2.24) is 10.6 Å². The van der Waals surface area contributed by atoms with E-state index in [0.29, 0.717) is 13.2 Å². The Morgan fingerprint density at radius 2 is 0.735 bits per heavy atom. The van der Waals surface area contributed by atoms with Crippen molar-refractivity contribution in [3.05, 3.63) is 181 Å². The van der Waals surface area contributed by atoms with Crippen LogP contribution in [0.15, 0.2) is 170 Å². The third kappa shape index (κ3) is 10.0. The second kappa shape index (κ2) is 18.6. The zero-order chi connectivity index (χ0) is 33.4. The Hall–Kier alpha value is -4.91. The maximum atomic E-state index is 6.82. The van der Waals surface area contributed by atoms with Crippen molar-refractivity contribution < 1.29 is 14.0 Å². The number of benzene rings is 6. The summed E-state index contributed by atoms with van der Waals surface area (Å²) in [5.74, 6) is 1.50. The van der Waals surface area contributed by atoms with Crippen LogP contribution in [0.4, 0.5) is 0 Å². The normalized spacial score (nSPS) is 10.9. The molecule has 0 amide bonds. The lowest BCUT2D eigenvalue weighted by Gasteiger charge is -2.22. The molecule has 0 fully saturated rings. The van der Waals surface area contributed by atoms with Crippen LogP contribution in [0.2, 0.25) is 0 Å². The highest BCUT2D eigenvalue weighted by Gasteiger charge is 2.28. The summed E-state index contributed by atoms with van der Waals surface area (Å²) in [6.07, 6.45) is 0. The molecule has 0 aliphatic heterocycles. The molecule has 0 saturated heterocycles. The minimum atomic E-state index is -0.306. The van der Waals surface area contributed by atoms with Gasteiger partial charge < -0.3 is 24.7 Å². The minimum absolute atomic E-state index is 0.306. The van der Waals surface area contributed by atoms with E-state index in [0.717, 1.165) is 59.5 Å². The standard InChI is InChI=1S/C42H42B2N2O3/c1-5-17-35(18-6-1)33-45-29-31-47-43(37-21-9-3-10-22-37)39-25-13-15-27-41(39)49-42-28-16-14-26-40(42)44(38-23-11-4-12-24-38)48-32-30-46-34-36-19-7-2-8-20-36/h1-28,45-46H,29-34H2. The molecule has 244 valence electrons. The molecule has 0 aliphatic rings. The predicted octanol–water partition coefficient (Wildman–Crippen LogP) is 5.30. The number of para-hydroxylation sites is 2. The molecule has 0 radical (unpaired) electrons. The fraction of sp³-hybridized carbons (Fsp3) is 0.143. The third-order valence-electron chi connectivity index (χ3n) is 8.30. The fourth-order valence-corrected chi connectivity index (χ4v) is 5.84. The van der Waals surface area contributed by atoms with Crippen LogP contribution in [0.5, 0.6) is 11.5 Å². The van der Waals surface area contributed by atoms with Gasteiger partial charge in [0.25, 0.3) is 0 Å². The van der Waals surface area contributed by atoms with Gasteiger partial charge in [-0.25, -0.2) is 0 Å². The Morgan fingerprint density at radius 3 is 1.14 bits per heavy atom. The van der Waals surface area contributed by atoms with Crippen LogP contribution in [-0.2, 0) is 22.4 Å². The molecule has 2 N–H and O–H groups in total. The second-order valence-electron chi connectivity index (χ2n) is 11.8. The van der Waals surface area contributed by atoms with Crippen molar-refractivity contribution >= 4 is 35.7 Å². The van der Waals surface area contributed by atoms with E-state index < -0.39 is 0 Å². The van der Waals surface area contributed by atoms with Gasteiger partial charge in [0.15, 0.2) is 0 Å². The molecule has 0 heterocycles. The van der Waals surface area contributed by atoms with Gasteiger partial charge in [0.05, 0.1) is 0 Å². The van der Waals surface area contributed by atoms with E-state index in [1.165, 1.54) is 11.1 Å². The van der Waals surface area contributed by atoms with Crippen LogP contribution in [0.25, 0.3) is 0 Å². The first-order valence-electron chi connectivity index (χ1n) is 17.0. The van der Waals surface area contributed by atoms with Crippen LogP contribution in [0, 0.1) is 0 Å². The summed E-state index contributed by atoms with van der Waals surface area (Å²) in [7, 11) is 0. The molecule has 0 spiro atoms. The van der Waals surface area contributed by atoms with E-state index in [1.54, 1.807) is 0 Å². The Kier molecular flexibility index (Phi) is 12.9. The van der Waals surface area contributed by atoms with Gasteiger partial charge in [0, 0.05) is 39.4 Å². The Balaban J connectivity index is 1.19. The maximum absolute atomic E-state index is 6.82. The lowest BCUT2D eigenvalue weighted by molar-refractivity contribution is 0.327. The fourth-order valence-electron chi connectivity index (χ4n) is 5.84. The average molecular weight is 644 g/mol. The van der Waals surface area contributed by atoms with E-state index in [1.807, 2.05) is 60.7 Å². The molecule has 49 heavy (non-hydrogen) atoms. The number of ether oxygens (including phenoxy) is 1. The van der Waals surface area contributed by atoms with Crippen molar-refractivity contribution in [1.29, 1.82) is 0 Å². The van der Waals surface area contributed by atoms with Gasteiger partial charge in [-0.15, -0.1) is 0 Å². The maximum Gasteiger partial charge on any atom is 0.365 e. The Bertz CT molecular complexity index is 1680. The zero-order valence-corrected chi connectivity index (χ0v) is 27.8. The molecule has 0 bridgehead atoms. The predicted molar refractivity (Wildman–Crippen MR) is 204 cm³/mol. The van der Waals surface area contributed by atoms with Gasteiger partial charge >= 0.3 is 13.8 Å². The van der Waals surface area contributed by atoms with Gasteiger partial charge in [-0.1, -0.05) is 158 Å². The SMILES string of the molecule is c1ccc(CNCCOB(c2ccccc2)c2ccccc2Oc2ccccc2B(OCCNCc2ccccc2)c2ccccc2)cc1. The number of hydrogen-bond acceptors (Lipinski definition) is 5. The lowest BCUT2D eigenvalue weighted by Crippen LogP contribution is -2.47. The van der Waals surface area contributed by atoms with Gasteiger partial charge in [-0.2, -0.15) is 0 Å². The molecular formula is C42H42B2N2O3. The first kappa shape index (κ1) is 34.0. The summed E-state index contributed by atoms with van der Waals surface area (Å²) in [6, 6.07) is 57.9. The van der Waals surface area contributed by atoms with Gasteiger partial charge in [0.1, 0.15) is 11.5 Å². The van der Waals surface area contributed by atoms with Crippen LogP contribution in [0.3, 0.4) is 0 Å². The first-order chi connectivity index (χ1) is 24.3. The lowest BCUT2D eigenvalue weighted by atomic mass is 9.54. The molecule has 6 aromatic rings. The molecule has 5 nitrogen and oxygen atoms in total. The van der Waals surface area contributed by atoms with Crippen molar-refractivity contribution in [2.45, 2.75) is 13.1 Å².